The van der Waals surface area contributed by atoms with Crippen LogP contribution < -0.4 is 0 Å². The van der Waals surface area contributed by atoms with Gasteiger partial charge in [0.25, 0.3) is 6.43 Å². The second-order valence-electron chi connectivity index (χ2n) is 2.16. The third kappa shape index (κ3) is 1.47. The summed E-state index contributed by atoms with van der Waals surface area (Å²) in [6.07, 6.45) is -2.74. The smallest absolute Gasteiger partial charge is 0.267 e. The molecule has 0 saturated carbocycles. The summed E-state index contributed by atoms with van der Waals surface area (Å²) in [5, 5.41) is 0. The van der Waals surface area contributed by atoms with Gasteiger partial charge in [-0.05, 0) is 6.07 Å². The van der Waals surface area contributed by atoms with Crippen LogP contribution in [0.15, 0.2) is 18.2 Å². The van der Waals surface area contributed by atoms with Gasteiger partial charge in [-0.3, -0.25) is 4.79 Å². The fourth-order valence-electron chi connectivity index (χ4n) is 0.887. The number of carbonyl (C=O) groups excluding carboxylic acids is 1. The third-order valence-electron chi connectivity index (χ3n) is 1.43. The normalized spacial score (nSPS) is 10.3. The fourth-order valence-corrected chi connectivity index (χ4v) is 0.887. The largest absolute Gasteiger partial charge is 0.298 e. The molecule has 1 nitrogen and oxygen atoms in total. The molecule has 1 aromatic rings. The molecule has 0 spiro atoms. The first-order chi connectivity index (χ1) is 5.66. The summed E-state index contributed by atoms with van der Waals surface area (Å²) >= 11 is 0. The lowest BCUT2D eigenvalue weighted by Crippen LogP contribution is -1.96. The maximum Gasteiger partial charge on any atom is 0.267 e. The minimum Gasteiger partial charge on any atom is -0.298 e. The number of halogens is 3. The first kappa shape index (κ1) is 8.77. The number of aldehydes is 1. The highest BCUT2D eigenvalue weighted by Gasteiger charge is 2.16. The first-order valence-corrected chi connectivity index (χ1v) is 3.18. The van der Waals surface area contributed by atoms with Crippen LogP contribution in [0.2, 0.25) is 0 Å². The molecular formula is C8H5F3O. The Morgan fingerprint density at radius 3 is 2.42 bits per heavy atom. The van der Waals surface area contributed by atoms with Crippen molar-refractivity contribution in [2.45, 2.75) is 6.43 Å². The van der Waals surface area contributed by atoms with Crippen LogP contribution in [0.5, 0.6) is 0 Å². The lowest BCUT2D eigenvalue weighted by molar-refractivity contribution is 0.110. The molecule has 0 heterocycles. The van der Waals surface area contributed by atoms with Crippen LogP contribution in [0.1, 0.15) is 22.3 Å². The van der Waals surface area contributed by atoms with Gasteiger partial charge in [-0.2, -0.15) is 0 Å². The first-order valence-electron chi connectivity index (χ1n) is 3.18. The van der Waals surface area contributed by atoms with Crippen LogP contribution in [0.4, 0.5) is 13.2 Å². The molecule has 0 aromatic heterocycles. The van der Waals surface area contributed by atoms with Gasteiger partial charge in [0.15, 0.2) is 6.29 Å². The highest BCUT2D eigenvalue weighted by Crippen LogP contribution is 2.24. The Morgan fingerprint density at radius 1 is 1.33 bits per heavy atom. The van der Waals surface area contributed by atoms with Crippen molar-refractivity contribution in [2.24, 2.45) is 0 Å². The minimum atomic E-state index is -2.95. The van der Waals surface area contributed by atoms with Crippen molar-refractivity contribution in [1.82, 2.24) is 0 Å². The van der Waals surface area contributed by atoms with E-state index in [0.717, 1.165) is 12.1 Å². The molecule has 0 unspecified atom stereocenters. The molecule has 0 N–H and O–H groups in total. The van der Waals surface area contributed by atoms with Gasteiger partial charge in [0.05, 0.1) is 5.56 Å². The van der Waals surface area contributed by atoms with Gasteiger partial charge >= 0.3 is 0 Å². The van der Waals surface area contributed by atoms with Gasteiger partial charge in [-0.25, -0.2) is 13.2 Å². The lowest BCUT2D eigenvalue weighted by Gasteiger charge is -2.03. The Bertz CT molecular complexity index is 296. The molecule has 0 aliphatic carbocycles. The standard InChI is InChI=1S/C8H5F3O/c9-6-3-1-2-5(4-12)7(6)8(10)11/h1-4,8H. The zero-order chi connectivity index (χ0) is 9.14. The third-order valence-corrected chi connectivity index (χ3v) is 1.43. The quantitative estimate of drug-likeness (QED) is 0.629. The van der Waals surface area contributed by atoms with Gasteiger partial charge in [0.1, 0.15) is 5.82 Å². The van der Waals surface area contributed by atoms with Crippen molar-refractivity contribution in [1.29, 1.82) is 0 Å². The molecule has 0 fully saturated rings. The van der Waals surface area contributed by atoms with Gasteiger partial charge < -0.3 is 0 Å². The van der Waals surface area contributed by atoms with E-state index in [1.807, 2.05) is 0 Å². The summed E-state index contributed by atoms with van der Waals surface area (Å²) in [5.41, 5.74) is -1.13. The van der Waals surface area contributed by atoms with E-state index in [4.69, 9.17) is 0 Å². The zero-order valence-corrected chi connectivity index (χ0v) is 5.93. The van der Waals surface area contributed by atoms with Gasteiger partial charge in [0, 0.05) is 5.56 Å². The summed E-state index contributed by atoms with van der Waals surface area (Å²) in [6.45, 7) is 0. The maximum atomic E-state index is 12.6. The van der Waals surface area contributed by atoms with Gasteiger partial charge in [-0.1, -0.05) is 12.1 Å². The number of hydrogen-bond acceptors (Lipinski definition) is 1. The van der Waals surface area contributed by atoms with E-state index in [9.17, 15) is 18.0 Å². The minimum absolute atomic E-state index is 0.213. The average Bonchev–Trinajstić information content (AvgIpc) is 2.03. The number of alkyl halides is 2. The van der Waals surface area contributed by atoms with Crippen molar-refractivity contribution in [3.63, 3.8) is 0 Å². The van der Waals surface area contributed by atoms with E-state index in [0.29, 0.717) is 0 Å². The van der Waals surface area contributed by atoms with Crippen LogP contribution >= 0.6 is 0 Å². The second kappa shape index (κ2) is 3.38. The van der Waals surface area contributed by atoms with E-state index in [2.05, 4.69) is 0 Å². The summed E-state index contributed by atoms with van der Waals surface area (Å²) < 4.78 is 36.8. The Kier molecular flexibility index (Phi) is 2.47. The highest BCUT2D eigenvalue weighted by molar-refractivity contribution is 5.77. The lowest BCUT2D eigenvalue weighted by atomic mass is 10.1. The van der Waals surface area contributed by atoms with Crippen molar-refractivity contribution in [3.05, 3.63) is 35.1 Å². The fraction of sp³-hybridized carbons (Fsp3) is 0.125. The van der Waals surface area contributed by atoms with E-state index >= 15 is 0 Å². The summed E-state index contributed by atoms with van der Waals surface area (Å²) in [5.74, 6) is -1.05. The van der Waals surface area contributed by atoms with Crippen LogP contribution in [-0.2, 0) is 0 Å². The van der Waals surface area contributed by atoms with E-state index in [1.54, 1.807) is 0 Å². The van der Waals surface area contributed by atoms with Crippen LogP contribution in [0, 0.1) is 5.82 Å². The van der Waals surface area contributed by atoms with E-state index in [-0.39, 0.29) is 11.8 Å². The SMILES string of the molecule is O=Cc1cccc(F)c1C(F)F. The van der Waals surface area contributed by atoms with Crippen molar-refractivity contribution in [2.75, 3.05) is 0 Å². The van der Waals surface area contributed by atoms with Crippen LogP contribution in [-0.4, -0.2) is 6.29 Å². The molecule has 0 bridgehead atoms. The van der Waals surface area contributed by atoms with Gasteiger partial charge in [-0.15, -0.1) is 0 Å². The molecule has 4 heteroatoms. The number of hydrogen-bond donors (Lipinski definition) is 0. The Balaban J connectivity index is 3.29. The van der Waals surface area contributed by atoms with Crippen molar-refractivity contribution >= 4 is 6.29 Å². The maximum absolute atomic E-state index is 12.6. The molecule has 0 amide bonds. The predicted octanol–water partition coefficient (Wildman–Crippen LogP) is 2.58. The second-order valence-corrected chi connectivity index (χ2v) is 2.16. The predicted molar refractivity (Wildman–Crippen MR) is 36.7 cm³/mol. The summed E-state index contributed by atoms with van der Waals surface area (Å²) in [7, 11) is 0. The molecule has 0 saturated heterocycles. The highest BCUT2D eigenvalue weighted by atomic mass is 19.3. The molecule has 64 valence electrons. The Labute approximate surface area is 66.8 Å². The molecular weight excluding hydrogens is 169 g/mol. The topological polar surface area (TPSA) is 17.1 Å². The molecule has 0 radical (unpaired) electrons. The molecule has 0 aliphatic heterocycles. The summed E-state index contributed by atoms with van der Waals surface area (Å²) in [6, 6.07) is 3.26. The monoisotopic (exact) mass is 174 g/mol. The van der Waals surface area contributed by atoms with Crippen molar-refractivity contribution < 1.29 is 18.0 Å². The Hall–Kier alpha value is -1.32. The Morgan fingerprint density at radius 2 is 2.00 bits per heavy atom. The van der Waals surface area contributed by atoms with Gasteiger partial charge in [0.2, 0.25) is 0 Å². The molecule has 1 aromatic carbocycles. The van der Waals surface area contributed by atoms with E-state index in [1.165, 1.54) is 6.07 Å². The molecule has 0 atom stereocenters. The zero-order valence-electron chi connectivity index (χ0n) is 5.93. The number of carbonyl (C=O) groups is 1. The van der Waals surface area contributed by atoms with Crippen LogP contribution in [0.3, 0.4) is 0 Å². The molecule has 0 aliphatic rings. The van der Waals surface area contributed by atoms with E-state index < -0.39 is 17.8 Å². The number of benzene rings is 1. The van der Waals surface area contributed by atoms with Crippen LogP contribution in [0.25, 0.3) is 0 Å². The van der Waals surface area contributed by atoms with Crippen molar-refractivity contribution in [3.8, 4) is 0 Å². The summed E-state index contributed by atoms with van der Waals surface area (Å²) in [4.78, 5) is 10.2. The molecule has 12 heavy (non-hydrogen) atoms. The number of rotatable bonds is 2. The average molecular weight is 174 g/mol. The molecule has 1 rings (SSSR count).